The van der Waals surface area contributed by atoms with Crippen molar-refractivity contribution in [3.63, 3.8) is 0 Å². The fourth-order valence-electron chi connectivity index (χ4n) is 6.91. The van der Waals surface area contributed by atoms with Gasteiger partial charge in [0.15, 0.2) is 0 Å². The molecule has 0 radical (unpaired) electrons. The summed E-state index contributed by atoms with van der Waals surface area (Å²) in [6.07, 6.45) is 21.6. The zero-order valence-corrected chi connectivity index (χ0v) is 35.2. The van der Waals surface area contributed by atoms with Gasteiger partial charge < -0.3 is 10.2 Å². The van der Waals surface area contributed by atoms with Gasteiger partial charge in [0.05, 0.1) is 23.6 Å². The van der Waals surface area contributed by atoms with E-state index in [2.05, 4.69) is 72.3 Å². The van der Waals surface area contributed by atoms with Crippen LogP contribution in [0.25, 0.3) is 30.9 Å². The molecule has 0 aromatic carbocycles. The zero-order chi connectivity index (χ0) is 37.5. The molecule has 0 aliphatic carbocycles. The SMILES string of the molecule is CCCCCCCCc1ccc(-c2ccc(C(O)Cc3ccnc(-c4cc(CC(O)c5ccc(-c6ccc(CCCCCCCC)s6)s5)ccn4)c3)s2)s1. The lowest BCUT2D eigenvalue weighted by Crippen LogP contribution is -2.02. The van der Waals surface area contributed by atoms with E-state index in [9.17, 15) is 10.2 Å². The molecule has 6 aromatic rings. The van der Waals surface area contributed by atoms with Gasteiger partial charge in [-0.05, 0) is 110 Å². The summed E-state index contributed by atoms with van der Waals surface area (Å²) in [5.74, 6) is 0. The largest absolute Gasteiger partial charge is 0.387 e. The number of thiophene rings is 4. The predicted octanol–water partition coefficient (Wildman–Crippen LogP) is 14.1. The maximum Gasteiger partial charge on any atom is 0.0922 e. The van der Waals surface area contributed by atoms with Crippen LogP contribution in [0.5, 0.6) is 0 Å². The van der Waals surface area contributed by atoms with Gasteiger partial charge in [0.1, 0.15) is 0 Å². The predicted molar refractivity (Wildman–Crippen MR) is 234 cm³/mol. The van der Waals surface area contributed by atoms with Crippen LogP contribution >= 0.6 is 45.3 Å². The van der Waals surface area contributed by atoms with Crippen molar-refractivity contribution >= 4 is 45.3 Å². The highest BCUT2D eigenvalue weighted by molar-refractivity contribution is 7.22. The Morgan fingerprint density at radius 2 is 0.852 bits per heavy atom. The van der Waals surface area contributed by atoms with Crippen LogP contribution in [0.1, 0.15) is 134 Å². The minimum absolute atomic E-state index is 0.507. The molecule has 2 unspecified atom stereocenters. The molecule has 0 aliphatic rings. The Bertz CT molecular complexity index is 1840. The van der Waals surface area contributed by atoms with E-state index < -0.39 is 12.2 Å². The summed E-state index contributed by atoms with van der Waals surface area (Å²) in [5, 5.41) is 22.5. The van der Waals surface area contributed by atoms with Crippen LogP contribution < -0.4 is 0 Å². The number of hydrogen-bond donors (Lipinski definition) is 2. The number of rotatable bonds is 23. The van der Waals surface area contributed by atoms with E-state index in [1.54, 1.807) is 35.1 Å². The van der Waals surface area contributed by atoms with Crippen LogP contribution in [0, 0.1) is 0 Å². The lowest BCUT2D eigenvalue weighted by atomic mass is 10.0. The van der Waals surface area contributed by atoms with Gasteiger partial charge in [-0.3, -0.25) is 9.97 Å². The molecule has 0 bridgehead atoms. The molecule has 0 spiro atoms. The van der Waals surface area contributed by atoms with Crippen molar-refractivity contribution in [2.75, 3.05) is 0 Å². The van der Waals surface area contributed by atoms with Gasteiger partial charge in [0.2, 0.25) is 0 Å². The molecular weight excluding hydrogens is 741 g/mol. The average molecular weight is 797 g/mol. The summed E-state index contributed by atoms with van der Waals surface area (Å²) in [5.41, 5.74) is 3.57. The summed E-state index contributed by atoms with van der Waals surface area (Å²) in [6.45, 7) is 4.53. The molecule has 8 heteroatoms. The molecule has 54 heavy (non-hydrogen) atoms. The van der Waals surface area contributed by atoms with E-state index >= 15 is 0 Å². The van der Waals surface area contributed by atoms with Crippen LogP contribution in [0.4, 0.5) is 0 Å². The first kappa shape index (κ1) is 40.7. The Balaban J connectivity index is 1.01. The zero-order valence-electron chi connectivity index (χ0n) is 32.0. The highest BCUT2D eigenvalue weighted by atomic mass is 32.1. The topological polar surface area (TPSA) is 66.2 Å². The second-order valence-corrected chi connectivity index (χ2v) is 19.1. The van der Waals surface area contributed by atoms with E-state index in [1.165, 1.54) is 106 Å². The lowest BCUT2D eigenvalue weighted by Gasteiger charge is -2.11. The number of aromatic nitrogens is 2. The number of nitrogens with zero attached hydrogens (tertiary/aromatic N) is 2. The molecule has 286 valence electrons. The van der Waals surface area contributed by atoms with Crippen LogP contribution in [-0.2, 0) is 25.7 Å². The quantitative estimate of drug-likeness (QED) is 0.0634. The van der Waals surface area contributed by atoms with Crippen molar-refractivity contribution in [2.45, 2.75) is 129 Å². The van der Waals surface area contributed by atoms with Gasteiger partial charge in [-0.2, -0.15) is 0 Å². The average Bonchev–Trinajstić information content (AvgIpc) is 4.02. The van der Waals surface area contributed by atoms with Crippen molar-refractivity contribution in [2.24, 2.45) is 0 Å². The molecule has 0 saturated carbocycles. The Labute approximate surface area is 339 Å². The summed E-state index contributed by atoms with van der Waals surface area (Å²) in [4.78, 5) is 19.1. The molecule has 2 N–H and O–H groups in total. The van der Waals surface area contributed by atoms with Crippen molar-refractivity contribution < 1.29 is 10.2 Å². The number of pyridine rings is 2. The maximum atomic E-state index is 11.3. The smallest absolute Gasteiger partial charge is 0.0922 e. The third-order valence-electron chi connectivity index (χ3n) is 10.0. The highest BCUT2D eigenvalue weighted by Crippen LogP contribution is 2.38. The molecular formula is C46H56N2O2S4. The fourth-order valence-corrected chi connectivity index (χ4v) is 11.2. The van der Waals surface area contributed by atoms with Gasteiger partial charge in [-0.15, -0.1) is 45.3 Å². The highest BCUT2D eigenvalue weighted by Gasteiger charge is 2.17. The van der Waals surface area contributed by atoms with E-state index in [0.717, 1.165) is 45.1 Å². The first-order chi connectivity index (χ1) is 26.5. The third-order valence-corrected chi connectivity index (χ3v) is 15.1. The standard InChI is InChI=1S/C46H56N2O2S4/c1-3-5-7-9-11-13-15-35-17-19-43(51-35)45-23-21-41(53-45)39(49)31-33-25-27-47-37(29-33)38-30-34(26-28-48-38)32-40(50)42-22-24-46(54-42)44-20-18-36(52-44)16-14-12-10-8-6-4-2/h17-30,39-40,49-50H,3-16,31-32H2,1-2H3. The van der Waals surface area contributed by atoms with Crippen molar-refractivity contribution in [1.82, 2.24) is 9.97 Å². The van der Waals surface area contributed by atoms with Crippen LogP contribution in [0.2, 0.25) is 0 Å². The van der Waals surface area contributed by atoms with Crippen LogP contribution in [-0.4, -0.2) is 20.2 Å². The van der Waals surface area contributed by atoms with Gasteiger partial charge >= 0.3 is 0 Å². The van der Waals surface area contributed by atoms with E-state index in [0.29, 0.717) is 12.8 Å². The van der Waals surface area contributed by atoms with E-state index in [1.807, 2.05) is 46.9 Å². The normalized spacial score (nSPS) is 12.7. The van der Waals surface area contributed by atoms with E-state index in [-0.39, 0.29) is 0 Å². The molecule has 0 aliphatic heterocycles. The van der Waals surface area contributed by atoms with Crippen molar-refractivity contribution in [1.29, 1.82) is 0 Å². The summed E-state index contributed by atoms with van der Waals surface area (Å²) >= 11 is 7.15. The molecule has 0 saturated heterocycles. The first-order valence-electron chi connectivity index (χ1n) is 20.1. The first-order valence-corrected chi connectivity index (χ1v) is 23.4. The second-order valence-electron chi connectivity index (χ2n) is 14.5. The maximum absolute atomic E-state index is 11.3. The summed E-state index contributed by atoms with van der Waals surface area (Å²) in [6, 6.07) is 25.5. The lowest BCUT2D eigenvalue weighted by molar-refractivity contribution is 0.182. The molecule has 4 nitrogen and oxygen atoms in total. The summed E-state index contributed by atoms with van der Waals surface area (Å²) in [7, 11) is 0. The van der Waals surface area contributed by atoms with Gasteiger partial charge in [0.25, 0.3) is 0 Å². The molecule has 6 heterocycles. The molecule has 6 aromatic heterocycles. The van der Waals surface area contributed by atoms with E-state index in [4.69, 9.17) is 0 Å². The minimum atomic E-state index is -0.590. The van der Waals surface area contributed by atoms with Crippen molar-refractivity contribution in [3.05, 3.63) is 116 Å². The number of aliphatic hydroxyl groups excluding tert-OH is 2. The molecule has 0 fully saturated rings. The van der Waals surface area contributed by atoms with Gasteiger partial charge in [0, 0.05) is 64.3 Å². The number of hydrogen-bond acceptors (Lipinski definition) is 8. The van der Waals surface area contributed by atoms with Crippen LogP contribution in [0.15, 0.2) is 85.2 Å². The van der Waals surface area contributed by atoms with Crippen LogP contribution in [0.3, 0.4) is 0 Å². The Morgan fingerprint density at radius 1 is 0.463 bits per heavy atom. The second kappa shape index (κ2) is 21.4. The monoisotopic (exact) mass is 796 g/mol. The third kappa shape index (κ3) is 12.0. The molecule has 0 amide bonds. The number of aliphatic hydroxyl groups is 2. The Morgan fingerprint density at radius 3 is 1.30 bits per heavy atom. The fraction of sp³-hybridized carbons (Fsp3) is 0.435. The van der Waals surface area contributed by atoms with Gasteiger partial charge in [-0.25, -0.2) is 0 Å². The van der Waals surface area contributed by atoms with Gasteiger partial charge in [-0.1, -0.05) is 78.1 Å². The van der Waals surface area contributed by atoms with Crippen molar-refractivity contribution in [3.8, 4) is 30.9 Å². The molecule has 2 atom stereocenters. The Hall–Kier alpha value is -2.98. The Kier molecular flexibility index (Phi) is 16.1. The summed E-state index contributed by atoms with van der Waals surface area (Å²) < 4.78 is 0. The minimum Gasteiger partial charge on any atom is -0.387 e. The molecule has 6 rings (SSSR count). The number of unbranched alkanes of at least 4 members (excludes halogenated alkanes) is 10. The number of aryl methyl sites for hydroxylation is 2.